The topological polar surface area (TPSA) is 120 Å². The average Bonchev–Trinajstić information content (AvgIpc) is 3.28. The van der Waals surface area contributed by atoms with Gasteiger partial charge in [-0.25, -0.2) is 4.68 Å². The van der Waals surface area contributed by atoms with Gasteiger partial charge in [-0.2, -0.15) is 5.10 Å². The highest BCUT2D eigenvalue weighted by Gasteiger charge is 2.31. The Balaban J connectivity index is 0.000000671. The lowest BCUT2D eigenvalue weighted by Gasteiger charge is -2.22. The number of aromatic nitrogens is 3. The van der Waals surface area contributed by atoms with Crippen LogP contribution in [0.15, 0.2) is 35.1 Å². The molecule has 132 valence electrons. The second-order valence-electron chi connectivity index (χ2n) is 4.21. The molecule has 4 N–H and O–H groups in total. The molecule has 2 aromatic heterocycles. The van der Waals surface area contributed by atoms with Crippen molar-refractivity contribution in [2.24, 2.45) is 0 Å². The van der Waals surface area contributed by atoms with E-state index >= 15 is 0 Å². The van der Waals surface area contributed by atoms with Gasteiger partial charge in [-0.15, -0.1) is 0 Å². The molecule has 8 nitrogen and oxygen atoms in total. The number of nitrogens with zero attached hydrogens (tertiary/aromatic N) is 3. The normalized spacial score (nSPS) is 10.5. The Morgan fingerprint density at radius 1 is 1.21 bits per heavy atom. The Morgan fingerprint density at radius 3 is 2.42 bits per heavy atom. The van der Waals surface area contributed by atoms with E-state index in [2.05, 4.69) is 10.3 Å². The number of rotatable bonds is 3. The van der Waals surface area contributed by atoms with Crippen LogP contribution in [0.4, 0.5) is 5.82 Å². The van der Waals surface area contributed by atoms with Gasteiger partial charge in [-0.1, -0.05) is 32.9 Å². The first-order valence-electron chi connectivity index (χ1n) is 7.72. The van der Waals surface area contributed by atoms with Crippen molar-refractivity contribution in [2.75, 3.05) is 12.8 Å². The van der Waals surface area contributed by atoms with Gasteiger partial charge in [0.15, 0.2) is 11.4 Å². The van der Waals surface area contributed by atoms with E-state index in [1.54, 1.807) is 6.07 Å². The molecular weight excluding hydrogens is 312 g/mol. The maximum atomic E-state index is 10.2. The molecule has 0 aliphatic rings. The predicted molar refractivity (Wildman–Crippen MR) is 91.4 cm³/mol. The van der Waals surface area contributed by atoms with E-state index in [1.807, 2.05) is 27.7 Å². The minimum atomic E-state index is -2.34. The van der Waals surface area contributed by atoms with E-state index in [0.717, 1.165) is 4.68 Å². The second kappa shape index (κ2) is 8.32. The number of nitrogen functional groups attached to an aromatic ring is 1. The zero-order valence-electron chi connectivity index (χ0n) is 14.5. The summed E-state index contributed by atoms with van der Waals surface area (Å²) >= 11 is 0. The SMILES string of the molecule is CC.CC.COc1cc(C(O)(O)n2cccn2)cc2onc(N)c12. The van der Waals surface area contributed by atoms with E-state index in [4.69, 9.17) is 15.0 Å². The van der Waals surface area contributed by atoms with Crippen molar-refractivity contribution in [3.05, 3.63) is 36.2 Å². The maximum Gasteiger partial charge on any atom is 0.294 e. The molecule has 0 aliphatic carbocycles. The van der Waals surface area contributed by atoms with Gasteiger partial charge in [0.25, 0.3) is 5.91 Å². The third kappa shape index (κ3) is 3.50. The van der Waals surface area contributed by atoms with Crippen LogP contribution in [0.3, 0.4) is 0 Å². The van der Waals surface area contributed by atoms with Crippen LogP contribution in [-0.2, 0) is 5.91 Å². The van der Waals surface area contributed by atoms with Gasteiger partial charge < -0.3 is 25.2 Å². The van der Waals surface area contributed by atoms with Crippen LogP contribution in [0.25, 0.3) is 11.0 Å². The van der Waals surface area contributed by atoms with Crippen LogP contribution < -0.4 is 10.5 Å². The maximum absolute atomic E-state index is 10.2. The minimum absolute atomic E-state index is 0.113. The predicted octanol–water partition coefficient (Wildman–Crippen LogP) is 2.31. The Kier molecular flexibility index (Phi) is 6.75. The molecule has 0 saturated heterocycles. The summed E-state index contributed by atoms with van der Waals surface area (Å²) in [7, 11) is 1.44. The summed E-state index contributed by atoms with van der Waals surface area (Å²) in [6.07, 6.45) is 2.86. The van der Waals surface area contributed by atoms with Crippen LogP contribution in [0.2, 0.25) is 0 Å². The number of hydrogen-bond acceptors (Lipinski definition) is 7. The molecule has 0 amide bonds. The van der Waals surface area contributed by atoms with Gasteiger partial charge in [0.1, 0.15) is 11.1 Å². The van der Waals surface area contributed by atoms with E-state index in [0.29, 0.717) is 11.1 Å². The van der Waals surface area contributed by atoms with Crippen molar-refractivity contribution in [1.29, 1.82) is 0 Å². The molecule has 3 aromatic rings. The molecule has 0 saturated carbocycles. The smallest absolute Gasteiger partial charge is 0.294 e. The minimum Gasteiger partial charge on any atom is -0.496 e. The van der Waals surface area contributed by atoms with Crippen molar-refractivity contribution in [3.63, 3.8) is 0 Å². The summed E-state index contributed by atoms with van der Waals surface area (Å²) in [5.74, 6) is -1.84. The summed E-state index contributed by atoms with van der Waals surface area (Å²) in [5, 5.41) is 28.4. The number of ether oxygens (including phenoxy) is 1. The number of methoxy groups -OCH3 is 1. The zero-order valence-corrected chi connectivity index (χ0v) is 14.5. The largest absolute Gasteiger partial charge is 0.496 e. The van der Waals surface area contributed by atoms with Gasteiger partial charge in [0.05, 0.1) is 7.11 Å². The fraction of sp³-hybridized carbons (Fsp3) is 0.375. The molecule has 2 heterocycles. The number of anilines is 1. The van der Waals surface area contributed by atoms with Crippen LogP contribution in [0, 0.1) is 0 Å². The molecule has 0 atom stereocenters. The van der Waals surface area contributed by atoms with Crippen molar-refractivity contribution in [2.45, 2.75) is 33.6 Å². The molecule has 0 aliphatic heterocycles. The molecular formula is C16H24N4O4. The average molecular weight is 336 g/mol. The Labute approximate surface area is 140 Å². The van der Waals surface area contributed by atoms with Crippen LogP contribution in [0.5, 0.6) is 5.75 Å². The van der Waals surface area contributed by atoms with E-state index in [9.17, 15) is 10.2 Å². The van der Waals surface area contributed by atoms with Gasteiger partial charge in [0, 0.05) is 18.0 Å². The Hall–Kier alpha value is -2.58. The second-order valence-corrected chi connectivity index (χ2v) is 4.21. The van der Waals surface area contributed by atoms with Crippen molar-refractivity contribution in [1.82, 2.24) is 14.9 Å². The molecule has 0 radical (unpaired) electrons. The molecule has 0 unspecified atom stereocenters. The first-order valence-corrected chi connectivity index (χ1v) is 7.72. The summed E-state index contributed by atoms with van der Waals surface area (Å²) in [6.45, 7) is 8.00. The summed E-state index contributed by atoms with van der Waals surface area (Å²) in [5.41, 5.74) is 6.08. The molecule has 3 rings (SSSR count). The molecule has 0 bridgehead atoms. The zero-order chi connectivity index (χ0) is 18.3. The lowest BCUT2D eigenvalue weighted by Crippen LogP contribution is -2.34. The summed E-state index contributed by atoms with van der Waals surface area (Å²) in [4.78, 5) is 0. The van der Waals surface area contributed by atoms with E-state index in [1.165, 1.54) is 31.6 Å². The van der Waals surface area contributed by atoms with Crippen LogP contribution >= 0.6 is 0 Å². The number of hydrogen-bond donors (Lipinski definition) is 3. The third-order valence-corrected chi connectivity index (χ3v) is 3.00. The fourth-order valence-corrected chi connectivity index (χ4v) is 2.00. The number of fused-ring (bicyclic) bond motifs is 1. The van der Waals surface area contributed by atoms with Gasteiger partial charge in [-0.3, -0.25) is 0 Å². The Bertz CT molecular complexity index is 751. The summed E-state index contributed by atoms with van der Waals surface area (Å²) in [6, 6.07) is 4.43. The van der Waals surface area contributed by atoms with Gasteiger partial charge >= 0.3 is 0 Å². The summed E-state index contributed by atoms with van der Waals surface area (Å²) < 4.78 is 11.2. The van der Waals surface area contributed by atoms with Crippen LogP contribution in [-0.4, -0.2) is 32.3 Å². The lowest BCUT2D eigenvalue weighted by molar-refractivity contribution is -0.200. The van der Waals surface area contributed by atoms with Gasteiger partial charge in [-0.05, 0) is 18.2 Å². The number of nitrogens with two attached hydrogens (primary N) is 1. The molecule has 1 aromatic carbocycles. The number of aliphatic hydroxyl groups is 2. The highest BCUT2D eigenvalue weighted by atomic mass is 16.5. The van der Waals surface area contributed by atoms with Crippen molar-refractivity contribution >= 4 is 16.8 Å². The van der Waals surface area contributed by atoms with E-state index < -0.39 is 5.91 Å². The highest BCUT2D eigenvalue weighted by molar-refractivity contribution is 5.93. The number of benzene rings is 1. The Morgan fingerprint density at radius 2 is 1.88 bits per heavy atom. The monoisotopic (exact) mass is 336 g/mol. The first-order chi connectivity index (χ1) is 11.5. The molecule has 0 fully saturated rings. The third-order valence-electron chi connectivity index (χ3n) is 3.00. The fourth-order valence-electron chi connectivity index (χ4n) is 2.00. The van der Waals surface area contributed by atoms with Gasteiger partial charge in [0.2, 0.25) is 0 Å². The van der Waals surface area contributed by atoms with Crippen molar-refractivity contribution in [3.8, 4) is 5.75 Å². The highest BCUT2D eigenvalue weighted by Crippen LogP contribution is 2.35. The van der Waals surface area contributed by atoms with Crippen molar-refractivity contribution < 1.29 is 19.5 Å². The first kappa shape index (κ1) is 19.5. The lowest BCUT2D eigenvalue weighted by atomic mass is 10.1. The molecule has 24 heavy (non-hydrogen) atoms. The van der Waals surface area contributed by atoms with E-state index in [-0.39, 0.29) is 17.0 Å². The quantitative estimate of drug-likeness (QED) is 0.628. The standard InChI is InChI=1S/C12H12N4O4.2C2H6/c1-19-8-5-7(6-9-10(8)11(13)15-20-9)12(17,18)16-4-2-3-14-16;2*1-2/h2-6,17-18H,1H3,(H2,13,15);2*1-2H3. The van der Waals surface area contributed by atoms with Crippen LogP contribution in [0.1, 0.15) is 33.3 Å². The molecule has 0 spiro atoms. The molecule has 8 heteroatoms.